The van der Waals surface area contributed by atoms with Crippen molar-refractivity contribution in [2.45, 2.75) is 43.9 Å². The average molecular weight is 324 g/mol. The van der Waals surface area contributed by atoms with Gasteiger partial charge in [0.15, 0.2) is 0 Å². The molecule has 24 heavy (non-hydrogen) atoms. The van der Waals surface area contributed by atoms with E-state index < -0.39 is 0 Å². The van der Waals surface area contributed by atoms with E-state index in [-0.39, 0.29) is 24.1 Å². The van der Waals surface area contributed by atoms with Crippen LogP contribution in [0.4, 0.5) is 0 Å². The lowest BCUT2D eigenvalue weighted by Crippen LogP contribution is -2.48. The molecule has 0 N–H and O–H groups in total. The minimum absolute atomic E-state index is 0.0683. The summed E-state index contributed by atoms with van der Waals surface area (Å²) in [5.74, 6) is 1.57. The number of nitrogens with zero attached hydrogens (tertiary/aromatic N) is 2. The SMILES string of the molecule is O=C(/C=C/c1ccco1)N1C2CCC1CC(Oc1cccnc1)C2. The molecule has 0 radical (unpaired) electrons. The minimum Gasteiger partial charge on any atom is -0.489 e. The molecule has 5 heteroatoms. The first kappa shape index (κ1) is 15.0. The van der Waals surface area contributed by atoms with Crippen LogP contribution in [-0.4, -0.2) is 34.0 Å². The maximum atomic E-state index is 12.6. The topological polar surface area (TPSA) is 55.6 Å². The van der Waals surface area contributed by atoms with Crippen LogP contribution in [0, 0.1) is 0 Å². The summed E-state index contributed by atoms with van der Waals surface area (Å²) in [6.07, 6.45) is 12.5. The van der Waals surface area contributed by atoms with Gasteiger partial charge < -0.3 is 14.1 Å². The van der Waals surface area contributed by atoms with Crippen LogP contribution in [0.1, 0.15) is 31.4 Å². The van der Waals surface area contributed by atoms with E-state index in [1.807, 2.05) is 29.2 Å². The molecule has 4 heterocycles. The molecule has 2 unspecified atom stereocenters. The third-order valence-electron chi connectivity index (χ3n) is 4.81. The predicted molar refractivity (Wildman–Crippen MR) is 89.3 cm³/mol. The van der Waals surface area contributed by atoms with Crippen LogP contribution < -0.4 is 4.74 Å². The standard InChI is InChI=1S/C19H20N2O3/c22-19(8-7-16-4-2-10-23-16)21-14-5-6-15(21)12-18(11-14)24-17-3-1-9-20-13-17/h1-4,7-10,13-15,18H,5-6,11-12H2/b8-7+. The summed E-state index contributed by atoms with van der Waals surface area (Å²) in [4.78, 5) is 18.7. The van der Waals surface area contributed by atoms with Crippen LogP contribution in [0.3, 0.4) is 0 Å². The van der Waals surface area contributed by atoms with Gasteiger partial charge in [0, 0.05) is 37.2 Å². The summed E-state index contributed by atoms with van der Waals surface area (Å²) in [5.41, 5.74) is 0. The fraction of sp³-hybridized carbons (Fsp3) is 0.368. The van der Waals surface area contributed by atoms with Gasteiger partial charge in [0.2, 0.25) is 5.91 Å². The Balaban J connectivity index is 1.40. The highest BCUT2D eigenvalue weighted by Gasteiger charge is 2.43. The van der Waals surface area contributed by atoms with Crippen LogP contribution in [0.15, 0.2) is 53.4 Å². The van der Waals surface area contributed by atoms with Gasteiger partial charge in [-0.2, -0.15) is 0 Å². The number of carbonyl (C=O) groups excluding carboxylic acids is 1. The normalized spacial score (nSPS) is 26.0. The molecule has 5 nitrogen and oxygen atoms in total. The lowest BCUT2D eigenvalue weighted by molar-refractivity contribution is -0.131. The van der Waals surface area contributed by atoms with Gasteiger partial charge in [-0.25, -0.2) is 0 Å². The number of aromatic nitrogens is 1. The maximum Gasteiger partial charge on any atom is 0.247 e. The fourth-order valence-electron chi connectivity index (χ4n) is 3.82. The summed E-state index contributed by atoms with van der Waals surface area (Å²) >= 11 is 0. The molecule has 0 spiro atoms. The van der Waals surface area contributed by atoms with Crippen molar-refractivity contribution in [3.05, 3.63) is 54.8 Å². The maximum absolute atomic E-state index is 12.6. The number of hydrogen-bond acceptors (Lipinski definition) is 4. The van der Waals surface area contributed by atoms with Crippen molar-refractivity contribution in [2.75, 3.05) is 0 Å². The molecule has 2 aliphatic heterocycles. The van der Waals surface area contributed by atoms with Gasteiger partial charge in [-0.05, 0) is 43.2 Å². The number of furan rings is 1. The second-order valence-corrected chi connectivity index (χ2v) is 6.38. The molecule has 4 rings (SSSR count). The molecule has 2 atom stereocenters. The van der Waals surface area contributed by atoms with E-state index in [1.165, 1.54) is 0 Å². The Morgan fingerprint density at radius 2 is 2.08 bits per heavy atom. The first-order valence-electron chi connectivity index (χ1n) is 8.40. The van der Waals surface area contributed by atoms with E-state index in [9.17, 15) is 4.79 Å². The van der Waals surface area contributed by atoms with Gasteiger partial charge in [0.25, 0.3) is 0 Å². The monoisotopic (exact) mass is 324 g/mol. The summed E-state index contributed by atoms with van der Waals surface area (Å²) in [6.45, 7) is 0. The van der Waals surface area contributed by atoms with Crippen LogP contribution in [0.2, 0.25) is 0 Å². The summed E-state index contributed by atoms with van der Waals surface area (Å²) < 4.78 is 11.3. The Labute approximate surface area is 140 Å². The molecular weight excluding hydrogens is 304 g/mol. The van der Waals surface area contributed by atoms with Crippen molar-refractivity contribution >= 4 is 12.0 Å². The lowest BCUT2D eigenvalue weighted by atomic mass is 9.99. The van der Waals surface area contributed by atoms with Crippen LogP contribution in [-0.2, 0) is 4.79 Å². The van der Waals surface area contributed by atoms with Crippen LogP contribution in [0.5, 0.6) is 5.75 Å². The van der Waals surface area contributed by atoms with Gasteiger partial charge in [-0.1, -0.05) is 0 Å². The number of rotatable bonds is 4. The smallest absolute Gasteiger partial charge is 0.247 e. The quantitative estimate of drug-likeness (QED) is 0.810. The second kappa shape index (κ2) is 6.51. The third kappa shape index (κ3) is 3.07. The highest BCUT2D eigenvalue weighted by molar-refractivity contribution is 5.92. The number of ether oxygens (including phenoxy) is 1. The van der Waals surface area contributed by atoms with Gasteiger partial charge >= 0.3 is 0 Å². The largest absolute Gasteiger partial charge is 0.489 e. The van der Waals surface area contributed by atoms with E-state index in [4.69, 9.17) is 9.15 Å². The molecule has 124 valence electrons. The molecule has 2 aromatic heterocycles. The Hall–Kier alpha value is -2.56. The highest BCUT2D eigenvalue weighted by atomic mass is 16.5. The van der Waals surface area contributed by atoms with E-state index in [0.29, 0.717) is 5.76 Å². The van der Waals surface area contributed by atoms with Gasteiger partial charge in [-0.15, -0.1) is 0 Å². The highest BCUT2D eigenvalue weighted by Crippen LogP contribution is 2.37. The van der Waals surface area contributed by atoms with Crippen LogP contribution in [0.25, 0.3) is 6.08 Å². The van der Waals surface area contributed by atoms with Crippen molar-refractivity contribution in [3.8, 4) is 5.75 Å². The molecular formula is C19H20N2O3. The second-order valence-electron chi connectivity index (χ2n) is 6.38. The van der Waals surface area contributed by atoms with Gasteiger partial charge in [0.05, 0.1) is 12.5 Å². The first-order valence-corrected chi connectivity index (χ1v) is 8.40. The Morgan fingerprint density at radius 3 is 2.75 bits per heavy atom. The predicted octanol–water partition coefficient (Wildman–Crippen LogP) is 3.29. The Bertz CT molecular complexity index is 697. The molecule has 0 saturated carbocycles. The number of amides is 1. The molecule has 2 fully saturated rings. The van der Waals surface area contributed by atoms with Crippen molar-refractivity contribution in [1.82, 2.24) is 9.88 Å². The summed E-state index contributed by atoms with van der Waals surface area (Å²) in [6, 6.07) is 7.99. The molecule has 2 saturated heterocycles. The molecule has 1 amide bonds. The number of hydrogen-bond donors (Lipinski definition) is 0. The van der Waals surface area contributed by atoms with Crippen molar-refractivity contribution < 1.29 is 13.9 Å². The fourth-order valence-corrected chi connectivity index (χ4v) is 3.82. The van der Waals surface area contributed by atoms with E-state index in [0.717, 1.165) is 31.4 Å². The molecule has 2 aromatic rings. The molecule has 0 aromatic carbocycles. The number of piperidine rings is 1. The summed E-state index contributed by atoms with van der Waals surface area (Å²) in [5, 5.41) is 0. The van der Waals surface area contributed by atoms with Crippen LogP contribution >= 0.6 is 0 Å². The molecule has 2 bridgehead atoms. The van der Waals surface area contributed by atoms with Crippen molar-refractivity contribution in [2.24, 2.45) is 0 Å². The summed E-state index contributed by atoms with van der Waals surface area (Å²) in [7, 11) is 0. The zero-order valence-corrected chi connectivity index (χ0v) is 13.4. The minimum atomic E-state index is 0.0683. The lowest BCUT2D eigenvalue weighted by Gasteiger charge is -2.38. The molecule has 2 aliphatic rings. The Morgan fingerprint density at radius 1 is 1.25 bits per heavy atom. The Kier molecular flexibility index (Phi) is 4.07. The van der Waals surface area contributed by atoms with Gasteiger partial charge in [-0.3, -0.25) is 9.78 Å². The zero-order valence-electron chi connectivity index (χ0n) is 13.4. The van der Waals surface area contributed by atoms with E-state index in [2.05, 4.69) is 4.98 Å². The molecule has 0 aliphatic carbocycles. The zero-order chi connectivity index (χ0) is 16.4. The third-order valence-corrected chi connectivity index (χ3v) is 4.81. The van der Waals surface area contributed by atoms with Crippen molar-refractivity contribution in [1.29, 1.82) is 0 Å². The van der Waals surface area contributed by atoms with Crippen molar-refractivity contribution in [3.63, 3.8) is 0 Å². The first-order chi connectivity index (χ1) is 11.8. The van der Waals surface area contributed by atoms with E-state index >= 15 is 0 Å². The number of fused-ring (bicyclic) bond motifs is 2. The average Bonchev–Trinajstić information content (AvgIpc) is 3.20. The van der Waals surface area contributed by atoms with Gasteiger partial charge in [0.1, 0.15) is 17.6 Å². The van der Waals surface area contributed by atoms with E-state index in [1.54, 1.807) is 30.8 Å². The number of carbonyl (C=O) groups is 1. The number of pyridine rings is 1.